The summed E-state index contributed by atoms with van der Waals surface area (Å²) in [6.45, 7) is 0.526. The van der Waals surface area contributed by atoms with E-state index >= 15 is 0 Å². The first-order valence-electron chi connectivity index (χ1n) is 19.2. The van der Waals surface area contributed by atoms with E-state index in [1.54, 1.807) is 0 Å². The van der Waals surface area contributed by atoms with Gasteiger partial charge in [-0.2, -0.15) is 0 Å². The minimum Gasteiger partial charge on any atom is -0.452 e. The van der Waals surface area contributed by atoms with Crippen molar-refractivity contribution in [3.63, 3.8) is 0 Å². The number of fused-ring (bicyclic) bond motifs is 11. The van der Waals surface area contributed by atoms with Crippen LogP contribution in [0, 0.1) is 0 Å². The van der Waals surface area contributed by atoms with E-state index in [-0.39, 0.29) is 5.41 Å². The molecule has 56 heavy (non-hydrogen) atoms. The Kier molecular flexibility index (Phi) is 7.30. The van der Waals surface area contributed by atoms with Crippen LogP contribution in [0.3, 0.4) is 0 Å². The van der Waals surface area contributed by atoms with Crippen LogP contribution in [0.1, 0.15) is 39.1 Å². The highest BCUT2D eigenvalue weighted by atomic mass is 16.3. The zero-order chi connectivity index (χ0) is 37.2. The largest absolute Gasteiger partial charge is 0.452 e. The van der Waals surface area contributed by atoms with Crippen molar-refractivity contribution in [2.45, 2.75) is 12.0 Å². The summed E-state index contributed by atoms with van der Waals surface area (Å²) >= 11 is 0. The molecule has 1 heterocycles. The molecule has 0 fully saturated rings. The maximum Gasteiger partial charge on any atom is 0.176 e. The zero-order valence-electron chi connectivity index (χ0n) is 30.6. The molecule has 0 radical (unpaired) electrons. The highest BCUT2D eigenvalue weighted by Gasteiger charge is 2.51. The van der Waals surface area contributed by atoms with Crippen LogP contribution in [0.5, 0.6) is 0 Å². The number of hydrogen-bond acceptors (Lipinski definition) is 3. The molecule has 9 aromatic rings. The van der Waals surface area contributed by atoms with Gasteiger partial charge in [0.05, 0.1) is 17.6 Å². The Morgan fingerprint density at radius 3 is 1.55 bits per heavy atom. The van der Waals surface area contributed by atoms with E-state index in [0.29, 0.717) is 18.0 Å². The van der Waals surface area contributed by atoms with E-state index < -0.39 is 0 Å². The van der Waals surface area contributed by atoms with Crippen LogP contribution >= 0.6 is 0 Å². The van der Waals surface area contributed by atoms with Crippen LogP contribution in [-0.2, 0) is 12.0 Å². The van der Waals surface area contributed by atoms with Gasteiger partial charge in [0.2, 0.25) is 0 Å². The molecule has 0 unspecified atom stereocenters. The predicted molar refractivity (Wildman–Crippen MR) is 230 cm³/mol. The van der Waals surface area contributed by atoms with Crippen molar-refractivity contribution in [2.75, 3.05) is 5.73 Å². The maximum absolute atomic E-state index is 6.90. The smallest absolute Gasteiger partial charge is 0.176 e. The molecule has 3 nitrogen and oxygen atoms in total. The van der Waals surface area contributed by atoms with Crippen LogP contribution < -0.4 is 5.73 Å². The molecule has 0 aliphatic heterocycles. The molecule has 264 valence electrons. The number of hydrogen-bond donors (Lipinski definition) is 1. The summed E-state index contributed by atoms with van der Waals surface area (Å²) in [6, 6.07) is 69.5. The summed E-state index contributed by atoms with van der Waals surface area (Å²) in [5.41, 5.74) is 26.0. The summed E-state index contributed by atoms with van der Waals surface area (Å²) in [5, 5.41) is 0.880. The van der Waals surface area contributed by atoms with Gasteiger partial charge in [0.25, 0.3) is 0 Å². The fourth-order valence-corrected chi connectivity index (χ4v) is 9.25. The SMILES string of the molecule is Nc1c(/C(=N\Cc2ccccc2)c2ccccc2)oc2ccc(-c3ccc(-c4ccc5c(c4)C4(c6ccccc6-c6ccccc64)c4ccccc4-5)cc3)cc12. The summed E-state index contributed by atoms with van der Waals surface area (Å²) in [5.74, 6) is 0.596. The Bertz CT molecular complexity index is 2930. The first-order valence-corrected chi connectivity index (χ1v) is 19.2. The Morgan fingerprint density at radius 2 is 0.946 bits per heavy atom. The number of nitrogens with two attached hydrogens (primary N) is 1. The van der Waals surface area contributed by atoms with Gasteiger partial charge in [-0.3, -0.25) is 4.99 Å². The summed E-state index contributed by atoms with van der Waals surface area (Å²) in [4.78, 5) is 5.03. The van der Waals surface area contributed by atoms with E-state index in [0.717, 1.165) is 38.9 Å². The van der Waals surface area contributed by atoms with E-state index in [9.17, 15) is 0 Å². The number of anilines is 1. The Balaban J connectivity index is 0.967. The van der Waals surface area contributed by atoms with Gasteiger partial charge in [-0.1, -0.05) is 176 Å². The number of rotatable bonds is 6. The van der Waals surface area contributed by atoms with Crippen LogP contribution in [-0.4, -0.2) is 5.71 Å². The molecule has 0 bridgehead atoms. The van der Waals surface area contributed by atoms with Gasteiger partial charge in [-0.15, -0.1) is 0 Å². The molecule has 0 atom stereocenters. The molecular weight excluding hydrogens is 681 g/mol. The highest BCUT2D eigenvalue weighted by molar-refractivity contribution is 6.17. The summed E-state index contributed by atoms with van der Waals surface area (Å²) in [7, 11) is 0. The van der Waals surface area contributed by atoms with Gasteiger partial charge < -0.3 is 10.2 Å². The lowest BCUT2D eigenvalue weighted by Gasteiger charge is -2.30. The third kappa shape index (κ3) is 4.81. The number of furan rings is 1. The number of benzene rings is 8. The van der Waals surface area contributed by atoms with Crippen molar-refractivity contribution >= 4 is 22.4 Å². The fourth-order valence-electron chi connectivity index (χ4n) is 9.25. The van der Waals surface area contributed by atoms with Crippen LogP contribution in [0.15, 0.2) is 204 Å². The number of nitrogens with zero attached hydrogens (tertiary/aromatic N) is 1. The molecule has 0 saturated carbocycles. The van der Waals surface area contributed by atoms with Gasteiger partial charge >= 0.3 is 0 Å². The minimum absolute atomic E-state index is 0.361. The zero-order valence-corrected chi connectivity index (χ0v) is 30.6. The van der Waals surface area contributed by atoms with Gasteiger partial charge in [0.15, 0.2) is 5.76 Å². The van der Waals surface area contributed by atoms with Crippen LogP contribution in [0.2, 0.25) is 0 Å². The van der Waals surface area contributed by atoms with Gasteiger partial charge in [-0.05, 0) is 90.5 Å². The summed E-state index contributed by atoms with van der Waals surface area (Å²) in [6.07, 6.45) is 0. The van der Waals surface area contributed by atoms with Gasteiger partial charge in [0, 0.05) is 10.9 Å². The molecular formula is C53H36N2O. The van der Waals surface area contributed by atoms with Crippen molar-refractivity contribution in [2.24, 2.45) is 4.99 Å². The lowest BCUT2D eigenvalue weighted by molar-refractivity contribution is 0.606. The third-order valence-electron chi connectivity index (χ3n) is 11.8. The van der Waals surface area contributed by atoms with E-state index in [1.165, 1.54) is 55.6 Å². The Hall–Kier alpha value is -7.23. The standard InChI is InChI=1S/C53H36N2O/c54-50-44-31-38(28-30-49(44)56-52(50)51(37-15-5-2-6-16-37)55-33-34-13-3-1-4-14-34)35-23-25-36(26-24-35)39-27-29-43-42-19-9-12-22-47(42)53(48(43)32-39)45-20-10-7-17-40(45)41-18-8-11-21-46(41)53/h1-32H,33,54H2/b55-51-. The molecule has 0 amide bonds. The van der Waals surface area contributed by atoms with Crippen molar-refractivity contribution < 1.29 is 4.42 Å². The van der Waals surface area contributed by atoms with Gasteiger partial charge in [0.1, 0.15) is 11.3 Å². The first-order chi connectivity index (χ1) is 27.7. The predicted octanol–water partition coefficient (Wildman–Crippen LogP) is 12.7. The van der Waals surface area contributed by atoms with Crippen molar-refractivity contribution in [1.82, 2.24) is 0 Å². The molecule has 1 aromatic heterocycles. The van der Waals surface area contributed by atoms with Gasteiger partial charge in [-0.25, -0.2) is 0 Å². The molecule has 8 aromatic carbocycles. The third-order valence-corrected chi connectivity index (χ3v) is 11.8. The number of aliphatic imine (C=N–C) groups is 1. The molecule has 3 heteroatoms. The first kappa shape index (κ1) is 32.2. The molecule has 2 aliphatic carbocycles. The minimum atomic E-state index is -0.361. The highest BCUT2D eigenvalue weighted by Crippen LogP contribution is 2.63. The van der Waals surface area contributed by atoms with E-state index in [2.05, 4.69) is 152 Å². The Morgan fingerprint density at radius 1 is 0.464 bits per heavy atom. The van der Waals surface area contributed by atoms with Crippen molar-refractivity contribution in [1.29, 1.82) is 0 Å². The summed E-state index contributed by atoms with van der Waals surface area (Å²) < 4.78 is 6.46. The molecule has 1 spiro atoms. The second-order valence-corrected chi connectivity index (χ2v) is 14.8. The van der Waals surface area contributed by atoms with Crippen molar-refractivity contribution in [3.8, 4) is 44.5 Å². The second kappa shape index (κ2) is 12.7. The van der Waals surface area contributed by atoms with Crippen molar-refractivity contribution in [3.05, 3.63) is 233 Å². The maximum atomic E-state index is 6.90. The molecule has 2 N–H and O–H groups in total. The quantitative estimate of drug-likeness (QED) is 0.174. The number of nitrogen functional groups attached to an aromatic ring is 1. The monoisotopic (exact) mass is 716 g/mol. The second-order valence-electron chi connectivity index (χ2n) is 14.8. The van der Waals surface area contributed by atoms with Crippen LogP contribution in [0.4, 0.5) is 5.69 Å². The normalized spacial score (nSPS) is 13.4. The van der Waals surface area contributed by atoms with E-state index in [4.69, 9.17) is 15.1 Å². The lowest BCUT2D eigenvalue weighted by Crippen LogP contribution is -2.25. The molecule has 11 rings (SSSR count). The molecule has 2 aliphatic rings. The Labute approximate surface area is 326 Å². The average molecular weight is 717 g/mol. The lowest BCUT2D eigenvalue weighted by atomic mass is 9.70. The average Bonchev–Trinajstić information content (AvgIpc) is 3.87. The van der Waals surface area contributed by atoms with Crippen LogP contribution in [0.25, 0.3) is 55.5 Å². The topological polar surface area (TPSA) is 51.5 Å². The fraction of sp³-hybridized carbons (Fsp3) is 0.0377. The molecule has 0 saturated heterocycles. The van der Waals surface area contributed by atoms with E-state index in [1.807, 2.05) is 42.5 Å².